The Balaban J connectivity index is 2.33. The summed E-state index contributed by atoms with van der Waals surface area (Å²) in [5.41, 5.74) is 6.10. The Hall–Kier alpha value is -0.920. The summed E-state index contributed by atoms with van der Waals surface area (Å²) in [7, 11) is 0. The van der Waals surface area contributed by atoms with E-state index in [1.54, 1.807) is 24.5 Å². The van der Waals surface area contributed by atoms with Crippen molar-refractivity contribution in [3.8, 4) is 0 Å². The van der Waals surface area contributed by atoms with Crippen LogP contribution in [0.2, 0.25) is 0 Å². The standard InChI is InChI=1S/C14H11Br2F3N2/c15-9-1-2-11(12(5-9)14(17,18)19)13(20)4-8-3-10(16)7-21-6-8/h1-3,5-7,13H,4,20H2. The van der Waals surface area contributed by atoms with Gasteiger partial charge in [0.2, 0.25) is 0 Å². The van der Waals surface area contributed by atoms with E-state index in [0.29, 0.717) is 4.47 Å². The Morgan fingerprint density at radius 3 is 2.43 bits per heavy atom. The third kappa shape index (κ3) is 4.28. The number of rotatable bonds is 3. The van der Waals surface area contributed by atoms with E-state index >= 15 is 0 Å². The van der Waals surface area contributed by atoms with Crippen LogP contribution in [0.1, 0.15) is 22.7 Å². The van der Waals surface area contributed by atoms with Crippen LogP contribution in [0, 0.1) is 0 Å². The molecule has 0 saturated heterocycles. The predicted octanol–water partition coefficient (Wildman–Crippen LogP) is 4.87. The molecule has 2 nitrogen and oxygen atoms in total. The van der Waals surface area contributed by atoms with Gasteiger partial charge in [-0.3, -0.25) is 4.98 Å². The van der Waals surface area contributed by atoms with Crippen LogP contribution in [0.3, 0.4) is 0 Å². The number of pyridine rings is 1. The SMILES string of the molecule is NC(Cc1cncc(Br)c1)c1ccc(Br)cc1C(F)(F)F. The molecule has 21 heavy (non-hydrogen) atoms. The van der Waals surface area contributed by atoms with E-state index in [0.717, 1.165) is 16.1 Å². The molecule has 1 aromatic heterocycles. The monoisotopic (exact) mass is 422 g/mol. The molecule has 1 aromatic carbocycles. The number of nitrogens with two attached hydrogens (primary N) is 1. The molecule has 0 spiro atoms. The van der Waals surface area contributed by atoms with E-state index in [1.165, 1.54) is 6.07 Å². The van der Waals surface area contributed by atoms with Crippen LogP contribution in [0.4, 0.5) is 13.2 Å². The molecule has 1 unspecified atom stereocenters. The Morgan fingerprint density at radius 1 is 1.10 bits per heavy atom. The average Bonchev–Trinajstić information content (AvgIpc) is 2.37. The number of benzene rings is 1. The van der Waals surface area contributed by atoms with Gasteiger partial charge >= 0.3 is 6.18 Å². The van der Waals surface area contributed by atoms with Crippen molar-refractivity contribution in [3.63, 3.8) is 0 Å². The lowest BCUT2D eigenvalue weighted by Crippen LogP contribution is -2.19. The van der Waals surface area contributed by atoms with E-state index in [1.807, 2.05) is 0 Å². The van der Waals surface area contributed by atoms with E-state index < -0.39 is 17.8 Å². The Labute approximate surface area is 136 Å². The van der Waals surface area contributed by atoms with Gasteiger partial charge in [0.1, 0.15) is 0 Å². The maximum absolute atomic E-state index is 13.1. The molecule has 7 heteroatoms. The second kappa shape index (κ2) is 6.46. The number of hydrogen-bond donors (Lipinski definition) is 1. The lowest BCUT2D eigenvalue weighted by atomic mass is 9.96. The highest BCUT2D eigenvalue weighted by molar-refractivity contribution is 9.10. The van der Waals surface area contributed by atoms with Gasteiger partial charge in [0.15, 0.2) is 0 Å². The third-order valence-corrected chi connectivity index (χ3v) is 3.86. The van der Waals surface area contributed by atoms with E-state index in [4.69, 9.17) is 5.73 Å². The molecule has 0 aliphatic rings. The van der Waals surface area contributed by atoms with Gasteiger partial charge < -0.3 is 5.73 Å². The molecule has 1 atom stereocenters. The van der Waals surface area contributed by atoms with Crippen LogP contribution in [0.5, 0.6) is 0 Å². The molecule has 0 aliphatic heterocycles. The first-order chi connectivity index (χ1) is 9.77. The smallest absolute Gasteiger partial charge is 0.324 e. The van der Waals surface area contributed by atoms with Crippen LogP contribution in [0.25, 0.3) is 0 Å². The molecule has 0 radical (unpaired) electrons. The fourth-order valence-electron chi connectivity index (χ4n) is 2.03. The molecule has 0 fully saturated rings. The molecular formula is C14H11Br2F3N2. The average molecular weight is 424 g/mol. The molecule has 2 rings (SSSR count). The summed E-state index contributed by atoms with van der Waals surface area (Å²) in [5.74, 6) is 0. The van der Waals surface area contributed by atoms with Gasteiger partial charge in [-0.2, -0.15) is 13.2 Å². The van der Waals surface area contributed by atoms with Gasteiger partial charge in [0.25, 0.3) is 0 Å². The number of alkyl halides is 3. The van der Waals surface area contributed by atoms with Crippen LogP contribution < -0.4 is 5.73 Å². The van der Waals surface area contributed by atoms with Crippen LogP contribution in [-0.2, 0) is 12.6 Å². The topological polar surface area (TPSA) is 38.9 Å². The summed E-state index contributed by atoms with van der Waals surface area (Å²) < 4.78 is 40.4. The first-order valence-corrected chi connectivity index (χ1v) is 7.57. The first kappa shape index (κ1) is 16.5. The number of hydrogen-bond acceptors (Lipinski definition) is 2. The largest absolute Gasteiger partial charge is 0.416 e. The molecule has 2 N–H and O–H groups in total. The Bertz CT molecular complexity index is 644. The summed E-state index contributed by atoms with van der Waals surface area (Å²) in [6.07, 6.45) is -0.962. The summed E-state index contributed by atoms with van der Waals surface area (Å²) in [4.78, 5) is 3.98. The zero-order chi connectivity index (χ0) is 15.6. The Morgan fingerprint density at radius 2 is 1.81 bits per heavy atom. The minimum absolute atomic E-state index is 0.0747. The van der Waals surface area contributed by atoms with Crippen LogP contribution in [0.15, 0.2) is 45.6 Å². The molecule has 2 aromatic rings. The lowest BCUT2D eigenvalue weighted by molar-refractivity contribution is -0.138. The van der Waals surface area contributed by atoms with Crippen molar-refractivity contribution in [3.05, 3.63) is 62.3 Å². The van der Waals surface area contributed by atoms with Crippen molar-refractivity contribution in [2.75, 3.05) is 0 Å². The maximum Gasteiger partial charge on any atom is 0.416 e. The number of halogens is 5. The first-order valence-electron chi connectivity index (χ1n) is 5.99. The highest BCUT2D eigenvalue weighted by Gasteiger charge is 2.34. The second-order valence-electron chi connectivity index (χ2n) is 4.55. The van der Waals surface area contributed by atoms with Crippen molar-refractivity contribution >= 4 is 31.9 Å². The summed E-state index contributed by atoms with van der Waals surface area (Å²) >= 11 is 6.33. The van der Waals surface area contributed by atoms with Gasteiger partial charge in [-0.05, 0) is 51.7 Å². The molecule has 1 heterocycles. The van der Waals surface area contributed by atoms with Crippen LogP contribution >= 0.6 is 31.9 Å². The lowest BCUT2D eigenvalue weighted by Gasteiger charge is -2.19. The molecule has 0 bridgehead atoms. The van der Waals surface area contributed by atoms with Crippen molar-refractivity contribution in [1.29, 1.82) is 0 Å². The van der Waals surface area contributed by atoms with Gasteiger partial charge in [0, 0.05) is 27.4 Å². The number of nitrogens with zero attached hydrogens (tertiary/aromatic N) is 1. The fraction of sp³-hybridized carbons (Fsp3) is 0.214. The third-order valence-electron chi connectivity index (χ3n) is 2.94. The molecule has 112 valence electrons. The second-order valence-corrected chi connectivity index (χ2v) is 6.38. The van der Waals surface area contributed by atoms with E-state index in [2.05, 4.69) is 36.8 Å². The summed E-state index contributed by atoms with van der Waals surface area (Å²) in [5, 5.41) is 0. The highest BCUT2D eigenvalue weighted by atomic mass is 79.9. The number of aromatic nitrogens is 1. The quantitative estimate of drug-likeness (QED) is 0.764. The molecule has 0 amide bonds. The zero-order valence-corrected chi connectivity index (χ0v) is 13.8. The predicted molar refractivity (Wildman–Crippen MR) is 81.7 cm³/mol. The zero-order valence-electron chi connectivity index (χ0n) is 10.7. The van der Waals surface area contributed by atoms with Crippen molar-refractivity contribution in [1.82, 2.24) is 4.98 Å². The van der Waals surface area contributed by atoms with Crippen molar-refractivity contribution in [2.24, 2.45) is 5.73 Å². The minimum atomic E-state index is -4.44. The minimum Gasteiger partial charge on any atom is -0.324 e. The van der Waals surface area contributed by atoms with E-state index in [-0.39, 0.29) is 12.0 Å². The van der Waals surface area contributed by atoms with Gasteiger partial charge in [-0.25, -0.2) is 0 Å². The summed E-state index contributed by atoms with van der Waals surface area (Å²) in [6, 6.07) is 5.05. The van der Waals surface area contributed by atoms with Gasteiger partial charge in [-0.1, -0.05) is 22.0 Å². The molecule has 0 saturated carbocycles. The Kier molecular flexibility index (Phi) is 5.06. The normalized spacial score (nSPS) is 13.2. The van der Waals surface area contributed by atoms with E-state index in [9.17, 15) is 13.2 Å². The van der Waals surface area contributed by atoms with Gasteiger partial charge in [-0.15, -0.1) is 0 Å². The fourth-order valence-corrected chi connectivity index (χ4v) is 2.80. The van der Waals surface area contributed by atoms with Crippen LogP contribution in [-0.4, -0.2) is 4.98 Å². The van der Waals surface area contributed by atoms with Crippen molar-refractivity contribution < 1.29 is 13.2 Å². The van der Waals surface area contributed by atoms with Gasteiger partial charge in [0.05, 0.1) is 5.56 Å². The molecular weight excluding hydrogens is 413 g/mol. The maximum atomic E-state index is 13.1. The summed E-state index contributed by atoms with van der Waals surface area (Å²) in [6.45, 7) is 0. The molecule has 0 aliphatic carbocycles. The van der Waals surface area contributed by atoms with Crippen molar-refractivity contribution in [2.45, 2.75) is 18.6 Å². The highest BCUT2D eigenvalue weighted by Crippen LogP contribution is 2.36.